The summed E-state index contributed by atoms with van der Waals surface area (Å²) in [6, 6.07) is 6.20. The number of amides is 1. The molecule has 0 saturated carbocycles. The summed E-state index contributed by atoms with van der Waals surface area (Å²) in [5.41, 5.74) is 3.60. The molecule has 0 fully saturated rings. The first-order chi connectivity index (χ1) is 9.33. The van der Waals surface area contributed by atoms with Crippen molar-refractivity contribution in [3.8, 4) is 0 Å². The lowest BCUT2D eigenvalue weighted by Gasteiger charge is -2.21. The molecule has 1 amide bonds. The molecule has 1 unspecified atom stereocenters. The van der Waals surface area contributed by atoms with E-state index in [0.717, 1.165) is 38.0 Å². The predicted molar refractivity (Wildman–Crippen MR) is 77.0 cm³/mol. The van der Waals surface area contributed by atoms with Gasteiger partial charge in [-0.2, -0.15) is 0 Å². The molecule has 0 bridgehead atoms. The Morgan fingerprint density at radius 1 is 1.42 bits per heavy atom. The molecule has 0 spiro atoms. The van der Waals surface area contributed by atoms with Gasteiger partial charge in [-0.25, -0.2) is 0 Å². The van der Waals surface area contributed by atoms with Crippen LogP contribution in [0.4, 0.5) is 5.69 Å². The van der Waals surface area contributed by atoms with Gasteiger partial charge in [0.2, 0.25) is 5.91 Å². The van der Waals surface area contributed by atoms with E-state index in [1.54, 1.807) is 0 Å². The third kappa shape index (κ3) is 2.87. The smallest absolute Gasteiger partial charge is 0.224 e. The fourth-order valence-electron chi connectivity index (χ4n) is 2.94. The van der Waals surface area contributed by atoms with Crippen molar-refractivity contribution in [2.75, 3.05) is 11.9 Å². The monoisotopic (exact) mass is 256 g/mol. The van der Waals surface area contributed by atoms with E-state index in [1.165, 1.54) is 11.1 Å². The molecule has 1 heterocycles. The maximum absolute atomic E-state index is 12.1. The van der Waals surface area contributed by atoms with E-state index in [2.05, 4.69) is 28.9 Å². The van der Waals surface area contributed by atoms with Crippen LogP contribution in [0.2, 0.25) is 0 Å². The topological polar surface area (TPSA) is 41.1 Å². The first-order valence-electron chi connectivity index (χ1n) is 7.11. The van der Waals surface area contributed by atoms with E-state index < -0.39 is 0 Å². The number of hydrogen-bond donors (Lipinski definition) is 2. The van der Waals surface area contributed by atoms with E-state index in [0.29, 0.717) is 12.3 Å². The van der Waals surface area contributed by atoms with Gasteiger partial charge in [0.15, 0.2) is 0 Å². The third-order valence-electron chi connectivity index (χ3n) is 3.98. The zero-order chi connectivity index (χ0) is 13.1. The lowest BCUT2D eigenvalue weighted by Crippen LogP contribution is -2.25. The summed E-state index contributed by atoms with van der Waals surface area (Å²) in [5.74, 6) is 0.563. The highest BCUT2D eigenvalue weighted by atomic mass is 16.1. The fraction of sp³-hybridized carbons (Fsp3) is 0.438. The van der Waals surface area contributed by atoms with E-state index in [9.17, 15) is 4.79 Å². The highest BCUT2D eigenvalue weighted by Crippen LogP contribution is 2.25. The summed E-state index contributed by atoms with van der Waals surface area (Å²) in [6.07, 6.45) is 8.22. The minimum absolute atomic E-state index is 0.135. The number of rotatable bonds is 3. The normalized spacial score (nSPS) is 21.2. The molecule has 19 heavy (non-hydrogen) atoms. The summed E-state index contributed by atoms with van der Waals surface area (Å²) in [4.78, 5) is 12.1. The van der Waals surface area contributed by atoms with Crippen molar-refractivity contribution in [2.24, 2.45) is 5.92 Å². The Hall–Kier alpha value is -1.61. The van der Waals surface area contributed by atoms with Gasteiger partial charge >= 0.3 is 0 Å². The van der Waals surface area contributed by atoms with Gasteiger partial charge in [0.25, 0.3) is 0 Å². The van der Waals surface area contributed by atoms with Gasteiger partial charge in [0, 0.05) is 18.7 Å². The summed E-state index contributed by atoms with van der Waals surface area (Å²) < 4.78 is 0. The van der Waals surface area contributed by atoms with E-state index in [-0.39, 0.29) is 5.91 Å². The van der Waals surface area contributed by atoms with Crippen LogP contribution in [0.3, 0.4) is 0 Å². The molecule has 2 aliphatic rings. The number of fused-ring (bicyclic) bond motifs is 1. The summed E-state index contributed by atoms with van der Waals surface area (Å²) in [5, 5.41) is 6.45. The van der Waals surface area contributed by atoms with Crippen LogP contribution in [0.25, 0.3) is 0 Å². The largest absolute Gasteiger partial charge is 0.326 e. The van der Waals surface area contributed by atoms with Gasteiger partial charge in [0.05, 0.1) is 0 Å². The van der Waals surface area contributed by atoms with Crippen molar-refractivity contribution in [3.63, 3.8) is 0 Å². The number of carbonyl (C=O) groups is 1. The van der Waals surface area contributed by atoms with Crippen LogP contribution in [-0.4, -0.2) is 12.5 Å². The van der Waals surface area contributed by atoms with Gasteiger partial charge in [0.1, 0.15) is 0 Å². The molecule has 3 heteroatoms. The summed E-state index contributed by atoms with van der Waals surface area (Å²) in [6.45, 7) is 1.88. The van der Waals surface area contributed by atoms with Gasteiger partial charge in [-0.1, -0.05) is 24.3 Å². The second kappa shape index (κ2) is 5.57. The van der Waals surface area contributed by atoms with Gasteiger partial charge < -0.3 is 10.6 Å². The average Bonchev–Trinajstić information content (AvgIpc) is 2.92. The Kier molecular flexibility index (Phi) is 3.65. The fourth-order valence-corrected chi connectivity index (χ4v) is 2.94. The van der Waals surface area contributed by atoms with Gasteiger partial charge in [-0.3, -0.25) is 4.79 Å². The van der Waals surface area contributed by atoms with Crippen LogP contribution in [0.1, 0.15) is 30.4 Å². The quantitative estimate of drug-likeness (QED) is 0.816. The maximum Gasteiger partial charge on any atom is 0.224 e. The lowest BCUT2D eigenvalue weighted by molar-refractivity contribution is -0.116. The predicted octanol–water partition coefficient (Wildman–Crippen LogP) is 2.63. The summed E-state index contributed by atoms with van der Waals surface area (Å²) in [7, 11) is 0. The number of hydrogen-bond acceptors (Lipinski definition) is 2. The highest BCUT2D eigenvalue weighted by molar-refractivity contribution is 5.92. The molecular formula is C16H20N2O. The third-order valence-corrected chi connectivity index (χ3v) is 3.98. The van der Waals surface area contributed by atoms with Gasteiger partial charge in [-0.15, -0.1) is 0 Å². The van der Waals surface area contributed by atoms with Crippen LogP contribution in [0.15, 0.2) is 30.4 Å². The summed E-state index contributed by atoms with van der Waals surface area (Å²) >= 11 is 0. The molecule has 3 rings (SSSR count). The zero-order valence-electron chi connectivity index (χ0n) is 11.1. The van der Waals surface area contributed by atoms with E-state index >= 15 is 0 Å². The van der Waals surface area contributed by atoms with Crippen molar-refractivity contribution >= 4 is 11.6 Å². The molecule has 0 radical (unpaired) electrons. The Labute approximate surface area is 114 Å². The maximum atomic E-state index is 12.1. The van der Waals surface area contributed by atoms with Crippen molar-refractivity contribution < 1.29 is 4.79 Å². The van der Waals surface area contributed by atoms with Crippen molar-refractivity contribution in [1.82, 2.24) is 5.32 Å². The molecule has 1 aromatic rings. The first-order valence-corrected chi connectivity index (χ1v) is 7.11. The number of carbonyl (C=O) groups excluding carboxylic acids is 1. The van der Waals surface area contributed by atoms with Crippen molar-refractivity contribution in [2.45, 2.75) is 32.2 Å². The van der Waals surface area contributed by atoms with Crippen LogP contribution in [-0.2, 0) is 17.8 Å². The number of allylic oxidation sites excluding steroid dienone is 2. The van der Waals surface area contributed by atoms with Crippen LogP contribution in [0, 0.1) is 5.92 Å². The first kappa shape index (κ1) is 12.4. The molecule has 0 aromatic heterocycles. The number of nitrogens with one attached hydrogen (secondary N) is 2. The van der Waals surface area contributed by atoms with Crippen LogP contribution < -0.4 is 10.6 Å². The molecule has 1 aliphatic carbocycles. The van der Waals surface area contributed by atoms with Crippen molar-refractivity contribution in [3.05, 3.63) is 41.5 Å². The molecule has 2 N–H and O–H groups in total. The highest BCUT2D eigenvalue weighted by Gasteiger charge is 2.17. The minimum Gasteiger partial charge on any atom is -0.326 e. The Morgan fingerprint density at radius 2 is 2.37 bits per heavy atom. The molecule has 1 atom stereocenters. The van der Waals surface area contributed by atoms with E-state index in [1.807, 2.05) is 12.1 Å². The minimum atomic E-state index is 0.135. The second-order valence-electron chi connectivity index (χ2n) is 5.39. The second-order valence-corrected chi connectivity index (χ2v) is 5.39. The molecular weight excluding hydrogens is 236 g/mol. The molecule has 100 valence electrons. The lowest BCUT2D eigenvalue weighted by atomic mass is 9.99. The Bertz CT molecular complexity index is 507. The van der Waals surface area contributed by atoms with Crippen LogP contribution >= 0.6 is 0 Å². The Morgan fingerprint density at radius 3 is 3.21 bits per heavy atom. The Balaban J connectivity index is 1.69. The zero-order valence-corrected chi connectivity index (χ0v) is 11.1. The molecule has 0 saturated heterocycles. The molecule has 1 aliphatic heterocycles. The standard InChI is InChI=1S/C16H20N2O/c19-16(10-12-4-1-2-5-12)18-15-7-3-6-13-8-9-17-11-14(13)15/h1,3-4,6-7,12,17H,2,5,8-11H2,(H,18,19). The van der Waals surface area contributed by atoms with Crippen LogP contribution in [0.5, 0.6) is 0 Å². The van der Waals surface area contributed by atoms with Gasteiger partial charge in [-0.05, 0) is 48.9 Å². The number of anilines is 1. The van der Waals surface area contributed by atoms with E-state index in [4.69, 9.17) is 0 Å². The molecule has 1 aromatic carbocycles. The SMILES string of the molecule is O=C(CC1C=CCC1)Nc1cccc2c1CNCC2. The average molecular weight is 256 g/mol. The number of benzene rings is 1. The molecule has 3 nitrogen and oxygen atoms in total. The van der Waals surface area contributed by atoms with Crippen molar-refractivity contribution in [1.29, 1.82) is 0 Å².